The number of carbonyl (C=O) groups excluding carboxylic acids is 2. The number of nitrogens with one attached hydrogen (secondary N) is 1. The summed E-state index contributed by atoms with van der Waals surface area (Å²) in [7, 11) is 1.57. The Bertz CT molecular complexity index is 1160. The minimum atomic E-state index is -0.514. The fourth-order valence-corrected chi connectivity index (χ4v) is 3.62. The fourth-order valence-electron chi connectivity index (χ4n) is 3.33. The van der Waals surface area contributed by atoms with Crippen molar-refractivity contribution in [2.24, 2.45) is 0 Å². The van der Waals surface area contributed by atoms with E-state index in [1.54, 1.807) is 37.5 Å². The SMILES string of the molecule is COc1ccc(N2C(=O)/C(=C\c3cc(C)n(-c4ccccc4)c3)C(=O)NC2=S)cc1. The number of thiocarbonyl (C=S) groups is 1. The Morgan fingerprint density at radius 2 is 1.70 bits per heavy atom. The van der Waals surface area contributed by atoms with Gasteiger partial charge in [0.15, 0.2) is 5.11 Å². The van der Waals surface area contributed by atoms with E-state index in [-0.39, 0.29) is 10.7 Å². The number of rotatable bonds is 4. The summed E-state index contributed by atoms with van der Waals surface area (Å²) in [5, 5.41) is 2.65. The highest BCUT2D eigenvalue weighted by atomic mass is 32.1. The molecule has 0 atom stereocenters. The molecule has 2 aromatic carbocycles. The molecule has 2 heterocycles. The lowest BCUT2D eigenvalue weighted by atomic mass is 10.1. The highest BCUT2D eigenvalue weighted by Crippen LogP contribution is 2.25. The molecular formula is C23H19N3O3S. The lowest BCUT2D eigenvalue weighted by molar-refractivity contribution is -0.122. The zero-order valence-electron chi connectivity index (χ0n) is 16.5. The van der Waals surface area contributed by atoms with Crippen LogP contribution in [0.5, 0.6) is 5.75 Å². The first-order valence-electron chi connectivity index (χ1n) is 9.28. The lowest BCUT2D eigenvalue weighted by Gasteiger charge is -2.28. The van der Waals surface area contributed by atoms with Crippen LogP contribution in [0.2, 0.25) is 0 Å². The van der Waals surface area contributed by atoms with Crippen LogP contribution in [-0.2, 0) is 9.59 Å². The van der Waals surface area contributed by atoms with Crippen molar-refractivity contribution in [2.45, 2.75) is 6.92 Å². The molecule has 4 rings (SSSR count). The maximum Gasteiger partial charge on any atom is 0.270 e. The number of ether oxygens (including phenoxy) is 1. The predicted molar refractivity (Wildman–Crippen MR) is 120 cm³/mol. The number of methoxy groups -OCH3 is 1. The molecule has 0 aliphatic carbocycles. The van der Waals surface area contributed by atoms with Crippen LogP contribution >= 0.6 is 12.2 Å². The van der Waals surface area contributed by atoms with Crippen molar-refractivity contribution < 1.29 is 14.3 Å². The maximum absolute atomic E-state index is 13.1. The third kappa shape index (κ3) is 3.62. The average Bonchev–Trinajstić information content (AvgIpc) is 3.12. The molecule has 0 spiro atoms. The Labute approximate surface area is 179 Å². The summed E-state index contributed by atoms with van der Waals surface area (Å²) in [5.74, 6) is -0.328. The van der Waals surface area contributed by atoms with E-state index in [0.717, 1.165) is 16.9 Å². The van der Waals surface area contributed by atoms with Crippen LogP contribution in [0.4, 0.5) is 5.69 Å². The third-order valence-electron chi connectivity index (χ3n) is 4.81. The number of nitrogens with zero attached hydrogens (tertiary/aromatic N) is 2. The number of anilines is 1. The molecular weight excluding hydrogens is 398 g/mol. The van der Waals surface area contributed by atoms with Crippen LogP contribution in [-0.4, -0.2) is 28.6 Å². The van der Waals surface area contributed by atoms with E-state index in [0.29, 0.717) is 11.4 Å². The summed E-state index contributed by atoms with van der Waals surface area (Å²) in [5.41, 5.74) is 3.30. The van der Waals surface area contributed by atoms with Crippen molar-refractivity contribution in [3.63, 3.8) is 0 Å². The molecule has 3 aromatic rings. The third-order valence-corrected chi connectivity index (χ3v) is 5.10. The van der Waals surface area contributed by atoms with Crippen LogP contribution < -0.4 is 15.0 Å². The molecule has 0 saturated carbocycles. The highest BCUT2D eigenvalue weighted by molar-refractivity contribution is 7.80. The van der Waals surface area contributed by atoms with E-state index in [1.807, 2.05) is 54.1 Å². The largest absolute Gasteiger partial charge is 0.497 e. The van der Waals surface area contributed by atoms with Gasteiger partial charge in [-0.2, -0.15) is 0 Å². The summed E-state index contributed by atoms with van der Waals surface area (Å²) in [6.07, 6.45) is 3.48. The minimum Gasteiger partial charge on any atom is -0.497 e. The number of benzene rings is 2. The van der Waals surface area contributed by atoms with Crippen molar-refractivity contribution >= 4 is 40.9 Å². The Balaban J connectivity index is 1.69. The van der Waals surface area contributed by atoms with Gasteiger partial charge in [0, 0.05) is 17.6 Å². The molecule has 7 heteroatoms. The van der Waals surface area contributed by atoms with Crippen LogP contribution in [0.3, 0.4) is 0 Å². The van der Waals surface area contributed by atoms with E-state index >= 15 is 0 Å². The molecule has 0 unspecified atom stereocenters. The molecule has 2 amide bonds. The molecule has 1 N–H and O–H groups in total. The van der Waals surface area contributed by atoms with E-state index in [9.17, 15) is 9.59 Å². The van der Waals surface area contributed by atoms with Gasteiger partial charge < -0.3 is 9.30 Å². The van der Waals surface area contributed by atoms with E-state index in [2.05, 4.69) is 5.32 Å². The van der Waals surface area contributed by atoms with Gasteiger partial charge in [0.1, 0.15) is 11.3 Å². The van der Waals surface area contributed by atoms with Crippen molar-refractivity contribution in [1.82, 2.24) is 9.88 Å². The Kier molecular flexibility index (Phi) is 5.20. The topological polar surface area (TPSA) is 63.6 Å². The predicted octanol–water partition coefficient (Wildman–Crippen LogP) is 3.63. The standard InChI is InChI=1S/C23H19N3O3S/c1-15-12-16(14-25(15)17-6-4-3-5-7-17)13-20-21(27)24-23(30)26(22(20)28)18-8-10-19(29-2)11-9-18/h3-14H,1-2H3,(H,24,27,30)/b20-13-. The molecule has 1 aliphatic heterocycles. The normalized spacial score (nSPS) is 15.5. The lowest BCUT2D eigenvalue weighted by Crippen LogP contribution is -2.54. The Hall–Kier alpha value is -3.71. The van der Waals surface area contributed by atoms with Crippen LogP contribution in [0.15, 0.2) is 72.4 Å². The van der Waals surface area contributed by atoms with Gasteiger partial charge in [0.25, 0.3) is 11.8 Å². The second kappa shape index (κ2) is 7.96. The van der Waals surface area contributed by atoms with Crippen LogP contribution in [0.1, 0.15) is 11.3 Å². The molecule has 30 heavy (non-hydrogen) atoms. The van der Waals surface area contributed by atoms with Gasteiger partial charge >= 0.3 is 0 Å². The zero-order chi connectivity index (χ0) is 21.3. The van der Waals surface area contributed by atoms with Crippen molar-refractivity contribution in [3.05, 3.63) is 83.7 Å². The second-order valence-corrected chi connectivity index (χ2v) is 7.16. The Morgan fingerprint density at radius 3 is 2.37 bits per heavy atom. The minimum absolute atomic E-state index is 0.0182. The quantitative estimate of drug-likeness (QED) is 0.400. The molecule has 1 fully saturated rings. The number of aromatic nitrogens is 1. The average molecular weight is 417 g/mol. The van der Waals surface area contributed by atoms with Crippen LogP contribution in [0, 0.1) is 6.92 Å². The summed E-state index contributed by atoms with van der Waals surface area (Å²) >= 11 is 5.24. The fraction of sp³-hybridized carbons (Fsp3) is 0.0870. The van der Waals surface area contributed by atoms with Gasteiger partial charge in [-0.1, -0.05) is 18.2 Å². The first-order valence-corrected chi connectivity index (χ1v) is 9.68. The summed E-state index contributed by atoms with van der Waals surface area (Å²) in [6, 6.07) is 18.7. The molecule has 1 saturated heterocycles. The molecule has 1 aromatic heterocycles. The highest BCUT2D eigenvalue weighted by Gasteiger charge is 2.34. The van der Waals surface area contributed by atoms with E-state index in [4.69, 9.17) is 17.0 Å². The summed E-state index contributed by atoms with van der Waals surface area (Å²) in [4.78, 5) is 27.0. The first kappa shape index (κ1) is 19.6. The zero-order valence-corrected chi connectivity index (χ0v) is 17.3. The smallest absolute Gasteiger partial charge is 0.270 e. The number of hydrogen-bond acceptors (Lipinski definition) is 4. The summed E-state index contributed by atoms with van der Waals surface area (Å²) < 4.78 is 7.16. The number of hydrogen-bond donors (Lipinski definition) is 1. The molecule has 150 valence electrons. The van der Waals surface area contributed by atoms with Gasteiger partial charge in [-0.05, 0) is 73.2 Å². The maximum atomic E-state index is 13.1. The van der Waals surface area contributed by atoms with Gasteiger partial charge in [-0.25, -0.2) is 0 Å². The summed E-state index contributed by atoms with van der Waals surface area (Å²) in [6.45, 7) is 1.97. The number of para-hydroxylation sites is 1. The van der Waals surface area contributed by atoms with E-state index < -0.39 is 11.8 Å². The molecule has 6 nitrogen and oxygen atoms in total. The molecule has 1 aliphatic rings. The van der Waals surface area contributed by atoms with Crippen LogP contribution in [0.25, 0.3) is 11.8 Å². The van der Waals surface area contributed by atoms with Crippen molar-refractivity contribution in [1.29, 1.82) is 0 Å². The van der Waals surface area contributed by atoms with Crippen molar-refractivity contribution in [3.8, 4) is 11.4 Å². The van der Waals surface area contributed by atoms with Gasteiger partial charge in [0.2, 0.25) is 0 Å². The number of aryl methyl sites for hydroxylation is 1. The van der Waals surface area contributed by atoms with Crippen molar-refractivity contribution in [2.75, 3.05) is 12.0 Å². The number of amides is 2. The van der Waals surface area contributed by atoms with Gasteiger partial charge in [0.05, 0.1) is 12.8 Å². The first-order chi connectivity index (χ1) is 14.5. The number of carbonyl (C=O) groups is 2. The molecule has 0 radical (unpaired) electrons. The van der Waals surface area contributed by atoms with E-state index in [1.165, 1.54) is 4.90 Å². The monoisotopic (exact) mass is 417 g/mol. The molecule has 0 bridgehead atoms. The van der Waals surface area contributed by atoms with Gasteiger partial charge in [-0.15, -0.1) is 0 Å². The Morgan fingerprint density at radius 1 is 1.00 bits per heavy atom. The second-order valence-electron chi connectivity index (χ2n) is 6.78. The van der Waals surface area contributed by atoms with Gasteiger partial charge in [-0.3, -0.25) is 19.8 Å².